The van der Waals surface area contributed by atoms with Crippen molar-refractivity contribution in [3.63, 3.8) is 0 Å². The first-order chi connectivity index (χ1) is 6.16. The highest BCUT2D eigenvalue weighted by atomic mass is 16.2. The van der Waals surface area contributed by atoms with Gasteiger partial charge in [-0.3, -0.25) is 0 Å². The summed E-state index contributed by atoms with van der Waals surface area (Å²) in [7, 11) is 6.00. The van der Waals surface area contributed by atoms with E-state index in [0.717, 1.165) is 6.42 Å². The third kappa shape index (κ3) is 11.1. The second-order valence-corrected chi connectivity index (χ2v) is 3.30. The predicted molar refractivity (Wildman–Crippen MR) is 60.5 cm³/mol. The Morgan fingerprint density at radius 2 is 1.50 bits per heavy atom. The lowest BCUT2D eigenvalue weighted by Crippen LogP contribution is -1.99. The Kier molecular flexibility index (Phi) is 11.3. The third-order valence-electron chi connectivity index (χ3n) is 1.24. The normalized spacial score (nSPS) is 8.64. The lowest BCUT2D eigenvalue weighted by atomic mass is 10.2. The molecule has 3 N–H and O–H groups in total. The van der Waals surface area contributed by atoms with Crippen molar-refractivity contribution in [2.75, 3.05) is 27.7 Å². The number of rotatable bonds is 2. The van der Waals surface area contributed by atoms with E-state index in [1.165, 1.54) is 5.56 Å². The predicted octanol–water partition coefficient (Wildman–Crippen LogP) is 0.574. The standard InChI is InChI=1S/C8H10O.C3H9N.H2O/c9-7-6-8-4-2-1-3-5-8;1-4(2)3;/h1-5,9H,6-7H2;1-3H3;1H2. The molecule has 0 saturated carbocycles. The Morgan fingerprint density at radius 3 is 1.86 bits per heavy atom. The van der Waals surface area contributed by atoms with Gasteiger partial charge in [-0.1, -0.05) is 30.3 Å². The Balaban J connectivity index is 0. The summed E-state index contributed by atoms with van der Waals surface area (Å²) in [6, 6.07) is 9.95. The maximum Gasteiger partial charge on any atom is 0.0471 e. The SMILES string of the molecule is CN(C)C.O.OCCc1ccccc1. The minimum absolute atomic E-state index is 0. The smallest absolute Gasteiger partial charge is 0.0471 e. The minimum atomic E-state index is 0. The molecule has 3 heteroatoms. The highest BCUT2D eigenvalue weighted by Crippen LogP contribution is 1.97. The van der Waals surface area contributed by atoms with E-state index < -0.39 is 0 Å². The van der Waals surface area contributed by atoms with E-state index in [9.17, 15) is 0 Å². The molecule has 1 rings (SSSR count). The van der Waals surface area contributed by atoms with Gasteiger partial charge in [0.05, 0.1) is 0 Å². The number of hydrogen-bond donors (Lipinski definition) is 1. The highest BCUT2D eigenvalue weighted by Gasteiger charge is 1.85. The van der Waals surface area contributed by atoms with E-state index in [-0.39, 0.29) is 12.1 Å². The van der Waals surface area contributed by atoms with Crippen LogP contribution in [0.3, 0.4) is 0 Å². The zero-order chi connectivity index (χ0) is 10.1. The van der Waals surface area contributed by atoms with Gasteiger partial charge in [0.1, 0.15) is 0 Å². The molecule has 0 aliphatic heterocycles. The van der Waals surface area contributed by atoms with Crippen LogP contribution < -0.4 is 0 Å². The molecule has 0 saturated heterocycles. The van der Waals surface area contributed by atoms with Crippen molar-refractivity contribution in [2.24, 2.45) is 0 Å². The van der Waals surface area contributed by atoms with Crippen LogP contribution in [0, 0.1) is 0 Å². The van der Waals surface area contributed by atoms with Gasteiger partial charge < -0.3 is 15.5 Å². The number of hydrogen-bond acceptors (Lipinski definition) is 2. The summed E-state index contributed by atoms with van der Waals surface area (Å²) in [5.41, 5.74) is 1.19. The molecule has 0 bridgehead atoms. The van der Waals surface area contributed by atoms with Gasteiger partial charge in [0.2, 0.25) is 0 Å². The fraction of sp³-hybridized carbons (Fsp3) is 0.455. The van der Waals surface area contributed by atoms with E-state index in [1.54, 1.807) is 0 Å². The van der Waals surface area contributed by atoms with Crippen molar-refractivity contribution < 1.29 is 10.6 Å². The van der Waals surface area contributed by atoms with Crippen molar-refractivity contribution >= 4 is 0 Å². The molecule has 0 aliphatic carbocycles. The van der Waals surface area contributed by atoms with Crippen LogP contribution in [0.5, 0.6) is 0 Å². The molecule has 0 atom stereocenters. The lowest BCUT2D eigenvalue weighted by Gasteiger charge is -1.93. The first-order valence-electron chi connectivity index (χ1n) is 4.42. The van der Waals surface area contributed by atoms with Gasteiger partial charge in [-0.05, 0) is 33.1 Å². The molecular formula is C11H21NO2. The molecule has 14 heavy (non-hydrogen) atoms. The molecule has 3 nitrogen and oxygen atoms in total. The second-order valence-electron chi connectivity index (χ2n) is 3.30. The maximum absolute atomic E-state index is 8.52. The van der Waals surface area contributed by atoms with Crippen LogP contribution in [0.25, 0.3) is 0 Å². The Morgan fingerprint density at radius 1 is 1.07 bits per heavy atom. The fourth-order valence-corrected chi connectivity index (χ4v) is 0.774. The molecule has 0 fully saturated rings. The van der Waals surface area contributed by atoms with Gasteiger partial charge in [0, 0.05) is 6.61 Å². The zero-order valence-corrected chi connectivity index (χ0v) is 9.20. The van der Waals surface area contributed by atoms with Crippen LogP contribution in [0.15, 0.2) is 30.3 Å². The summed E-state index contributed by atoms with van der Waals surface area (Å²) in [6.45, 7) is 0.240. The van der Waals surface area contributed by atoms with E-state index in [0.29, 0.717) is 0 Å². The molecule has 0 aliphatic rings. The number of aliphatic hydroxyl groups is 1. The average molecular weight is 199 g/mol. The van der Waals surface area contributed by atoms with Crippen molar-refractivity contribution in [3.8, 4) is 0 Å². The minimum Gasteiger partial charge on any atom is -0.412 e. The van der Waals surface area contributed by atoms with Crippen LogP contribution in [-0.2, 0) is 6.42 Å². The molecule has 1 aromatic rings. The summed E-state index contributed by atoms with van der Waals surface area (Å²) < 4.78 is 0. The Labute approximate surface area is 86.3 Å². The highest BCUT2D eigenvalue weighted by molar-refractivity contribution is 5.14. The molecule has 0 radical (unpaired) electrons. The number of aliphatic hydroxyl groups excluding tert-OH is 1. The monoisotopic (exact) mass is 199 g/mol. The number of benzene rings is 1. The van der Waals surface area contributed by atoms with Gasteiger partial charge in [-0.25, -0.2) is 0 Å². The fourth-order valence-electron chi connectivity index (χ4n) is 0.774. The van der Waals surface area contributed by atoms with Crippen LogP contribution in [0.1, 0.15) is 5.56 Å². The van der Waals surface area contributed by atoms with Crippen LogP contribution in [-0.4, -0.2) is 43.2 Å². The van der Waals surface area contributed by atoms with Crippen LogP contribution in [0.2, 0.25) is 0 Å². The van der Waals surface area contributed by atoms with Crippen molar-refractivity contribution in [2.45, 2.75) is 6.42 Å². The second kappa shape index (κ2) is 10.2. The molecule has 0 aromatic heterocycles. The molecule has 0 unspecified atom stereocenters. The van der Waals surface area contributed by atoms with Crippen LogP contribution in [0.4, 0.5) is 0 Å². The molecule has 1 aromatic carbocycles. The van der Waals surface area contributed by atoms with Gasteiger partial charge in [0.15, 0.2) is 0 Å². The van der Waals surface area contributed by atoms with Gasteiger partial charge >= 0.3 is 0 Å². The topological polar surface area (TPSA) is 55.0 Å². The molecule has 0 heterocycles. The van der Waals surface area contributed by atoms with Gasteiger partial charge in [-0.15, -0.1) is 0 Å². The summed E-state index contributed by atoms with van der Waals surface area (Å²) in [5.74, 6) is 0. The average Bonchev–Trinajstić information content (AvgIpc) is 2.06. The summed E-state index contributed by atoms with van der Waals surface area (Å²) >= 11 is 0. The van der Waals surface area contributed by atoms with Crippen molar-refractivity contribution in [1.82, 2.24) is 4.90 Å². The summed E-state index contributed by atoms with van der Waals surface area (Å²) in [4.78, 5) is 2.00. The zero-order valence-electron chi connectivity index (χ0n) is 9.20. The largest absolute Gasteiger partial charge is 0.412 e. The molecule has 0 spiro atoms. The Hall–Kier alpha value is -0.900. The van der Waals surface area contributed by atoms with Crippen molar-refractivity contribution in [3.05, 3.63) is 35.9 Å². The quantitative estimate of drug-likeness (QED) is 0.757. The molecule has 0 amide bonds. The van der Waals surface area contributed by atoms with Crippen LogP contribution >= 0.6 is 0 Å². The first-order valence-corrected chi connectivity index (χ1v) is 4.42. The molecular weight excluding hydrogens is 178 g/mol. The van der Waals surface area contributed by atoms with Crippen molar-refractivity contribution in [1.29, 1.82) is 0 Å². The third-order valence-corrected chi connectivity index (χ3v) is 1.24. The van der Waals surface area contributed by atoms with E-state index in [2.05, 4.69) is 0 Å². The van der Waals surface area contributed by atoms with E-state index in [4.69, 9.17) is 5.11 Å². The lowest BCUT2D eigenvalue weighted by molar-refractivity contribution is 0.299. The summed E-state index contributed by atoms with van der Waals surface area (Å²) in [5, 5.41) is 8.52. The summed E-state index contributed by atoms with van der Waals surface area (Å²) in [6.07, 6.45) is 0.765. The van der Waals surface area contributed by atoms with Gasteiger partial charge in [0.25, 0.3) is 0 Å². The maximum atomic E-state index is 8.52. The first kappa shape index (κ1) is 15.6. The molecule has 82 valence electrons. The van der Waals surface area contributed by atoms with E-state index in [1.807, 2.05) is 56.4 Å². The number of nitrogens with zero attached hydrogens (tertiary/aromatic N) is 1. The Bertz CT molecular complexity index is 197. The van der Waals surface area contributed by atoms with E-state index >= 15 is 0 Å². The van der Waals surface area contributed by atoms with Gasteiger partial charge in [-0.2, -0.15) is 0 Å².